The zero-order valence-corrected chi connectivity index (χ0v) is 11.9. The average Bonchev–Trinajstić information content (AvgIpc) is 2.53. The number of halogens is 2. The summed E-state index contributed by atoms with van der Waals surface area (Å²) in [4.78, 5) is 0. The Labute approximate surface area is 124 Å². The molecule has 2 aromatic carbocycles. The number of hydrogen-bond acceptors (Lipinski definition) is 1. The molecule has 1 nitrogen and oxygen atoms in total. The maximum absolute atomic E-state index is 13.6. The Kier molecular flexibility index (Phi) is 4.18. The van der Waals surface area contributed by atoms with Crippen LogP contribution >= 0.6 is 0 Å². The van der Waals surface area contributed by atoms with Crippen LogP contribution in [0, 0.1) is 11.6 Å². The number of nitrogens with one attached hydrogen (secondary N) is 1. The van der Waals surface area contributed by atoms with Gasteiger partial charge in [-0.1, -0.05) is 36.4 Å². The van der Waals surface area contributed by atoms with Gasteiger partial charge >= 0.3 is 0 Å². The van der Waals surface area contributed by atoms with Crippen molar-refractivity contribution < 1.29 is 8.78 Å². The van der Waals surface area contributed by atoms with Gasteiger partial charge in [0.05, 0.1) is 0 Å². The van der Waals surface area contributed by atoms with E-state index in [0.29, 0.717) is 5.92 Å². The third kappa shape index (κ3) is 3.23. The standard InChI is InChI=1S/C18H19F2N/c19-16-7-4-8-17(20)18(16)21-15-11-9-14(10-12-15)13-5-2-1-3-6-13/h1-8,14-15,21H,9-12H2. The lowest BCUT2D eigenvalue weighted by molar-refractivity contribution is 0.409. The van der Waals surface area contributed by atoms with Crippen LogP contribution in [-0.4, -0.2) is 6.04 Å². The Hall–Kier alpha value is -1.90. The van der Waals surface area contributed by atoms with Gasteiger partial charge in [-0.15, -0.1) is 0 Å². The summed E-state index contributed by atoms with van der Waals surface area (Å²) in [5.41, 5.74) is 1.38. The van der Waals surface area contributed by atoms with E-state index in [1.807, 2.05) is 6.07 Å². The Morgan fingerprint density at radius 1 is 0.762 bits per heavy atom. The van der Waals surface area contributed by atoms with Crippen LogP contribution < -0.4 is 5.32 Å². The predicted octanol–water partition coefficient (Wildman–Crippen LogP) is 5.10. The highest BCUT2D eigenvalue weighted by molar-refractivity contribution is 5.47. The van der Waals surface area contributed by atoms with Crippen molar-refractivity contribution in [2.24, 2.45) is 0 Å². The molecule has 21 heavy (non-hydrogen) atoms. The van der Waals surface area contributed by atoms with Gasteiger partial charge in [0.25, 0.3) is 0 Å². The molecule has 3 heteroatoms. The number of benzene rings is 2. The molecule has 0 aromatic heterocycles. The lowest BCUT2D eigenvalue weighted by atomic mass is 9.82. The Bertz CT molecular complexity index is 569. The van der Waals surface area contributed by atoms with E-state index < -0.39 is 11.6 Å². The van der Waals surface area contributed by atoms with Gasteiger partial charge in [-0.2, -0.15) is 0 Å². The second kappa shape index (κ2) is 6.25. The fraction of sp³-hybridized carbons (Fsp3) is 0.333. The molecule has 0 unspecified atom stereocenters. The summed E-state index contributed by atoms with van der Waals surface area (Å²) < 4.78 is 27.3. The molecule has 1 fully saturated rings. The molecule has 1 N–H and O–H groups in total. The van der Waals surface area contributed by atoms with E-state index in [2.05, 4.69) is 29.6 Å². The van der Waals surface area contributed by atoms with Crippen LogP contribution in [0.1, 0.15) is 37.2 Å². The topological polar surface area (TPSA) is 12.0 Å². The third-order valence-electron chi connectivity index (χ3n) is 4.31. The summed E-state index contributed by atoms with van der Waals surface area (Å²) >= 11 is 0. The predicted molar refractivity (Wildman–Crippen MR) is 81.4 cm³/mol. The number of anilines is 1. The maximum atomic E-state index is 13.6. The lowest BCUT2D eigenvalue weighted by Gasteiger charge is -2.30. The molecule has 1 saturated carbocycles. The van der Waals surface area contributed by atoms with E-state index in [-0.39, 0.29) is 11.7 Å². The van der Waals surface area contributed by atoms with Crippen LogP contribution in [0.4, 0.5) is 14.5 Å². The highest BCUT2D eigenvalue weighted by atomic mass is 19.1. The van der Waals surface area contributed by atoms with Crippen molar-refractivity contribution in [1.82, 2.24) is 0 Å². The Morgan fingerprint density at radius 3 is 2.00 bits per heavy atom. The van der Waals surface area contributed by atoms with Crippen LogP contribution in [0.5, 0.6) is 0 Å². The first kappa shape index (κ1) is 14.1. The molecule has 0 amide bonds. The summed E-state index contributed by atoms with van der Waals surface area (Å²) in [5, 5.41) is 3.04. The minimum Gasteiger partial charge on any atom is -0.378 e. The minimum absolute atomic E-state index is 0.0145. The smallest absolute Gasteiger partial charge is 0.149 e. The summed E-state index contributed by atoms with van der Waals surface area (Å²) in [6.07, 6.45) is 3.98. The fourth-order valence-electron chi connectivity index (χ4n) is 3.14. The van der Waals surface area contributed by atoms with E-state index in [4.69, 9.17) is 0 Å². The highest BCUT2D eigenvalue weighted by Gasteiger charge is 2.23. The zero-order valence-electron chi connectivity index (χ0n) is 11.9. The molecule has 0 saturated heterocycles. The van der Waals surface area contributed by atoms with Crippen molar-refractivity contribution in [1.29, 1.82) is 0 Å². The van der Waals surface area contributed by atoms with Crippen molar-refractivity contribution in [3.63, 3.8) is 0 Å². The normalized spacial score (nSPS) is 22.0. The summed E-state index contributed by atoms with van der Waals surface area (Å²) in [7, 11) is 0. The molecule has 1 aliphatic carbocycles. The number of rotatable bonds is 3. The third-order valence-corrected chi connectivity index (χ3v) is 4.31. The summed E-state index contributed by atoms with van der Waals surface area (Å²) in [6.45, 7) is 0. The van der Waals surface area contributed by atoms with Crippen molar-refractivity contribution >= 4 is 5.69 Å². The van der Waals surface area contributed by atoms with Crippen molar-refractivity contribution in [3.8, 4) is 0 Å². The van der Waals surface area contributed by atoms with Gasteiger partial charge in [0.15, 0.2) is 0 Å². The van der Waals surface area contributed by atoms with Gasteiger partial charge in [0.1, 0.15) is 17.3 Å². The van der Waals surface area contributed by atoms with E-state index in [1.165, 1.54) is 23.8 Å². The molecule has 0 spiro atoms. The quantitative estimate of drug-likeness (QED) is 0.827. The van der Waals surface area contributed by atoms with Crippen LogP contribution in [0.3, 0.4) is 0 Å². The van der Waals surface area contributed by atoms with Crippen LogP contribution in [-0.2, 0) is 0 Å². The molecule has 1 aliphatic rings. The first-order valence-corrected chi connectivity index (χ1v) is 7.49. The molecule has 0 bridgehead atoms. The van der Waals surface area contributed by atoms with Gasteiger partial charge in [0.2, 0.25) is 0 Å². The van der Waals surface area contributed by atoms with Crippen molar-refractivity contribution in [2.45, 2.75) is 37.6 Å². The van der Waals surface area contributed by atoms with Gasteiger partial charge in [-0.3, -0.25) is 0 Å². The Balaban J connectivity index is 1.62. The molecule has 0 heterocycles. The fourth-order valence-corrected chi connectivity index (χ4v) is 3.14. The van der Waals surface area contributed by atoms with Crippen LogP contribution in [0.2, 0.25) is 0 Å². The molecule has 0 aliphatic heterocycles. The number of para-hydroxylation sites is 1. The monoisotopic (exact) mass is 287 g/mol. The molecule has 2 aromatic rings. The first-order valence-electron chi connectivity index (χ1n) is 7.49. The maximum Gasteiger partial charge on any atom is 0.149 e. The summed E-state index contributed by atoms with van der Waals surface area (Å²) in [6, 6.07) is 14.6. The van der Waals surface area contributed by atoms with Gasteiger partial charge in [-0.25, -0.2) is 8.78 Å². The SMILES string of the molecule is Fc1cccc(F)c1NC1CCC(c2ccccc2)CC1. The zero-order chi connectivity index (χ0) is 14.7. The van der Waals surface area contributed by atoms with E-state index in [1.54, 1.807) is 0 Å². The molecule has 0 atom stereocenters. The van der Waals surface area contributed by atoms with E-state index in [0.717, 1.165) is 25.7 Å². The average molecular weight is 287 g/mol. The molecule has 3 rings (SSSR count). The molecule has 0 radical (unpaired) electrons. The van der Waals surface area contributed by atoms with Gasteiger partial charge in [-0.05, 0) is 49.3 Å². The molecular formula is C18H19F2N. The van der Waals surface area contributed by atoms with Gasteiger partial charge < -0.3 is 5.32 Å². The summed E-state index contributed by atoms with van der Waals surface area (Å²) in [5.74, 6) is -0.463. The number of hydrogen-bond donors (Lipinski definition) is 1. The second-order valence-electron chi connectivity index (χ2n) is 5.70. The van der Waals surface area contributed by atoms with E-state index in [9.17, 15) is 8.78 Å². The van der Waals surface area contributed by atoms with Crippen molar-refractivity contribution in [3.05, 3.63) is 65.7 Å². The molecule has 110 valence electrons. The molecular weight excluding hydrogens is 268 g/mol. The van der Waals surface area contributed by atoms with Crippen molar-refractivity contribution in [2.75, 3.05) is 5.32 Å². The van der Waals surface area contributed by atoms with E-state index >= 15 is 0 Å². The van der Waals surface area contributed by atoms with Gasteiger partial charge in [0, 0.05) is 6.04 Å². The van der Waals surface area contributed by atoms with Crippen LogP contribution in [0.15, 0.2) is 48.5 Å². The minimum atomic E-state index is -0.514. The highest BCUT2D eigenvalue weighted by Crippen LogP contribution is 2.34. The Morgan fingerprint density at radius 2 is 1.38 bits per heavy atom. The lowest BCUT2D eigenvalue weighted by Crippen LogP contribution is -2.26. The van der Waals surface area contributed by atoms with Crippen LogP contribution in [0.25, 0.3) is 0 Å². The second-order valence-corrected chi connectivity index (χ2v) is 5.70. The largest absolute Gasteiger partial charge is 0.378 e. The first-order chi connectivity index (χ1) is 10.2.